The Hall–Kier alpha value is -1.66. The zero-order chi connectivity index (χ0) is 17.9. The average Bonchev–Trinajstić information content (AvgIpc) is 2.63. The highest BCUT2D eigenvalue weighted by Gasteiger charge is 2.28. The molecule has 1 fully saturated rings. The van der Waals surface area contributed by atoms with Crippen molar-refractivity contribution in [2.24, 2.45) is 11.8 Å². The quantitative estimate of drug-likeness (QED) is 0.835. The Morgan fingerprint density at radius 2 is 1.76 bits per heavy atom. The lowest BCUT2D eigenvalue weighted by Crippen LogP contribution is -2.37. The van der Waals surface area contributed by atoms with Crippen LogP contribution in [0.15, 0.2) is 41.3 Å². The second-order valence-corrected chi connectivity index (χ2v) is 9.02. The third-order valence-corrected chi connectivity index (χ3v) is 7.05. The Kier molecular flexibility index (Phi) is 5.59. The number of piperidine rings is 1. The Morgan fingerprint density at radius 3 is 2.36 bits per heavy atom. The van der Waals surface area contributed by atoms with E-state index in [-0.39, 0.29) is 11.8 Å². The van der Waals surface area contributed by atoms with Gasteiger partial charge >= 0.3 is 0 Å². The van der Waals surface area contributed by atoms with Crippen molar-refractivity contribution in [2.75, 3.05) is 18.4 Å². The summed E-state index contributed by atoms with van der Waals surface area (Å²) in [5, 5.41) is 2.89. The van der Waals surface area contributed by atoms with Crippen molar-refractivity contribution in [3.8, 4) is 0 Å². The molecule has 0 aromatic heterocycles. The van der Waals surface area contributed by atoms with Gasteiger partial charge in [0.2, 0.25) is 15.9 Å². The van der Waals surface area contributed by atoms with Crippen LogP contribution in [0.25, 0.3) is 0 Å². The van der Waals surface area contributed by atoms with Gasteiger partial charge in [0, 0.05) is 24.7 Å². The van der Waals surface area contributed by atoms with Crippen molar-refractivity contribution in [2.45, 2.75) is 43.9 Å². The maximum Gasteiger partial charge on any atom is 0.243 e. The largest absolute Gasteiger partial charge is 0.326 e. The standard InChI is InChI=1S/C19H26N2O3S/c1-15-11-13-21(14-12-15)25(23,24)18-9-7-17(8-10-18)20-19(22)16-5-3-2-4-6-16/h2-3,7-10,15-16H,4-6,11-14H2,1H3,(H,20,22). The van der Waals surface area contributed by atoms with Gasteiger partial charge in [0.25, 0.3) is 0 Å². The predicted octanol–water partition coefficient (Wildman–Crippen LogP) is 3.40. The summed E-state index contributed by atoms with van der Waals surface area (Å²) in [6.45, 7) is 3.32. The third-order valence-electron chi connectivity index (χ3n) is 5.14. The van der Waals surface area contributed by atoms with Crippen molar-refractivity contribution in [1.29, 1.82) is 0 Å². The number of hydrogen-bond acceptors (Lipinski definition) is 3. The topological polar surface area (TPSA) is 66.5 Å². The lowest BCUT2D eigenvalue weighted by atomic mass is 9.93. The van der Waals surface area contributed by atoms with Crippen LogP contribution in [0.2, 0.25) is 0 Å². The molecule has 1 atom stereocenters. The molecule has 1 saturated heterocycles. The van der Waals surface area contributed by atoms with E-state index in [1.807, 2.05) is 6.08 Å². The number of carbonyl (C=O) groups excluding carboxylic acids is 1. The summed E-state index contributed by atoms with van der Waals surface area (Å²) in [7, 11) is -3.44. The van der Waals surface area contributed by atoms with Crippen LogP contribution in [0.1, 0.15) is 39.0 Å². The van der Waals surface area contributed by atoms with Gasteiger partial charge in [-0.15, -0.1) is 0 Å². The van der Waals surface area contributed by atoms with Crippen LogP contribution in [0.5, 0.6) is 0 Å². The van der Waals surface area contributed by atoms with Crippen molar-refractivity contribution < 1.29 is 13.2 Å². The number of anilines is 1. The van der Waals surface area contributed by atoms with Gasteiger partial charge in [-0.25, -0.2) is 8.42 Å². The fourth-order valence-corrected chi connectivity index (χ4v) is 4.83. The van der Waals surface area contributed by atoms with Crippen LogP contribution >= 0.6 is 0 Å². The zero-order valence-corrected chi connectivity index (χ0v) is 15.5. The van der Waals surface area contributed by atoms with E-state index in [9.17, 15) is 13.2 Å². The molecule has 2 aliphatic rings. The van der Waals surface area contributed by atoms with E-state index in [1.165, 1.54) is 0 Å². The van der Waals surface area contributed by atoms with Crippen molar-refractivity contribution >= 4 is 21.6 Å². The van der Waals surface area contributed by atoms with E-state index in [1.54, 1.807) is 28.6 Å². The molecule has 0 spiro atoms. The highest BCUT2D eigenvalue weighted by molar-refractivity contribution is 7.89. The number of nitrogens with zero attached hydrogens (tertiary/aromatic N) is 1. The molecule has 25 heavy (non-hydrogen) atoms. The van der Waals surface area contributed by atoms with Gasteiger partial charge in [-0.2, -0.15) is 4.31 Å². The lowest BCUT2D eigenvalue weighted by Gasteiger charge is -2.29. The molecule has 6 heteroatoms. The zero-order valence-electron chi connectivity index (χ0n) is 14.6. The summed E-state index contributed by atoms with van der Waals surface area (Å²) in [5.74, 6) is 0.590. The second kappa shape index (κ2) is 7.70. The molecule has 1 aromatic rings. The van der Waals surface area contributed by atoms with Gasteiger partial charge < -0.3 is 5.32 Å². The summed E-state index contributed by atoms with van der Waals surface area (Å²) in [4.78, 5) is 12.5. The molecule has 1 aromatic carbocycles. The first-order valence-corrected chi connectivity index (χ1v) is 10.5. The molecule has 1 amide bonds. The molecule has 1 N–H and O–H groups in total. The van der Waals surface area contributed by atoms with E-state index in [2.05, 4.69) is 18.3 Å². The predicted molar refractivity (Wildman–Crippen MR) is 98.7 cm³/mol. The van der Waals surface area contributed by atoms with Crippen LogP contribution < -0.4 is 5.32 Å². The summed E-state index contributed by atoms with van der Waals surface area (Å²) in [6, 6.07) is 6.53. The molecule has 0 radical (unpaired) electrons. The van der Waals surface area contributed by atoms with Crippen LogP contribution in [0, 0.1) is 11.8 Å². The molecule has 3 rings (SSSR count). The van der Waals surface area contributed by atoms with E-state index in [4.69, 9.17) is 0 Å². The minimum absolute atomic E-state index is 0.00347. The number of allylic oxidation sites excluding steroid dienone is 2. The van der Waals surface area contributed by atoms with Crippen LogP contribution in [0.3, 0.4) is 0 Å². The Labute approximate surface area is 150 Å². The first kappa shape index (κ1) is 18.1. The summed E-state index contributed by atoms with van der Waals surface area (Å²) >= 11 is 0. The monoisotopic (exact) mass is 362 g/mol. The number of hydrogen-bond donors (Lipinski definition) is 1. The van der Waals surface area contributed by atoms with E-state index in [0.717, 1.165) is 32.1 Å². The minimum atomic E-state index is -3.44. The molecule has 136 valence electrons. The third kappa shape index (κ3) is 4.30. The fourth-order valence-electron chi connectivity index (χ4n) is 3.36. The number of amides is 1. The van der Waals surface area contributed by atoms with E-state index < -0.39 is 10.0 Å². The number of sulfonamides is 1. The minimum Gasteiger partial charge on any atom is -0.326 e. The number of benzene rings is 1. The molecule has 0 saturated carbocycles. The van der Waals surface area contributed by atoms with Gasteiger partial charge in [-0.3, -0.25) is 4.79 Å². The summed E-state index contributed by atoms with van der Waals surface area (Å²) in [5.41, 5.74) is 0.644. The van der Waals surface area contributed by atoms with Crippen LogP contribution in [0.4, 0.5) is 5.69 Å². The van der Waals surface area contributed by atoms with Crippen LogP contribution in [-0.4, -0.2) is 31.7 Å². The summed E-state index contributed by atoms with van der Waals surface area (Å²) in [6.07, 6.45) is 8.53. The first-order chi connectivity index (χ1) is 12.0. The fraction of sp³-hybridized carbons (Fsp3) is 0.526. The van der Waals surface area contributed by atoms with E-state index >= 15 is 0 Å². The Balaban J connectivity index is 1.65. The number of nitrogens with one attached hydrogen (secondary N) is 1. The number of rotatable bonds is 4. The normalized spacial score (nSPS) is 22.7. The van der Waals surface area contributed by atoms with Crippen molar-refractivity contribution in [3.05, 3.63) is 36.4 Å². The highest BCUT2D eigenvalue weighted by Crippen LogP contribution is 2.25. The van der Waals surface area contributed by atoms with Gasteiger partial charge in [0.1, 0.15) is 0 Å². The molecule has 1 unspecified atom stereocenters. The van der Waals surface area contributed by atoms with Gasteiger partial charge in [0.15, 0.2) is 0 Å². The molecular weight excluding hydrogens is 336 g/mol. The molecule has 1 aliphatic heterocycles. The average molecular weight is 362 g/mol. The van der Waals surface area contributed by atoms with Crippen molar-refractivity contribution in [1.82, 2.24) is 4.31 Å². The second-order valence-electron chi connectivity index (χ2n) is 7.08. The molecular formula is C19H26N2O3S. The maximum absolute atomic E-state index is 12.7. The Morgan fingerprint density at radius 1 is 1.08 bits per heavy atom. The first-order valence-electron chi connectivity index (χ1n) is 9.03. The van der Waals surface area contributed by atoms with Gasteiger partial charge in [-0.05, 0) is 62.3 Å². The van der Waals surface area contributed by atoms with E-state index in [0.29, 0.717) is 29.6 Å². The molecule has 1 heterocycles. The lowest BCUT2D eigenvalue weighted by molar-refractivity contribution is -0.120. The maximum atomic E-state index is 12.7. The smallest absolute Gasteiger partial charge is 0.243 e. The van der Waals surface area contributed by atoms with Crippen LogP contribution in [-0.2, 0) is 14.8 Å². The van der Waals surface area contributed by atoms with Gasteiger partial charge in [0.05, 0.1) is 4.90 Å². The molecule has 5 nitrogen and oxygen atoms in total. The summed E-state index contributed by atoms with van der Waals surface area (Å²) < 4.78 is 27.0. The SMILES string of the molecule is CC1CCN(S(=O)(=O)c2ccc(NC(=O)C3CC=CCC3)cc2)CC1. The van der Waals surface area contributed by atoms with Gasteiger partial charge in [-0.1, -0.05) is 19.1 Å². The number of carbonyl (C=O) groups is 1. The molecule has 1 aliphatic carbocycles. The molecule has 0 bridgehead atoms. The Bertz CT molecular complexity index is 732. The highest BCUT2D eigenvalue weighted by atomic mass is 32.2. The van der Waals surface area contributed by atoms with Crippen molar-refractivity contribution in [3.63, 3.8) is 0 Å².